The smallest absolute Gasteiger partial charge is 0.315 e. The lowest BCUT2D eigenvalue weighted by molar-refractivity contribution is -0.121. The van der Waals surface area contributed by atoms with Crippen LogP contribution in [0.2, 0.25) is 0 Å². The molecule has 0 bridgehead atoms. The van der Waals surface area contributed by atoms with Gasteiger partial charge in [-0.15, -0.1) is 11.3 Å². The van der Waals surface area contributed by atoms with E-state index < -0.39 is 0 Å². The lowest BCUT2D eigenvalue weighted by Gasteiger charge is -2.22. The van der Waals surface area contributed by atoms with Gasteiger partial charge in [0.25, 0.3) is 0 Å². The van der Waals surface area contributed by atoms with Crippen LogP contribution in [0, 0.1) is 0 Å². The van der Waals surface area contributed by atoms with Gasteiger partial charge in [0.15, 0.2) is 0 Å². The Bertz CT molecular complexity index is 456. The third-order valence-electron chi connectivity index (χ3n) is 3.85. The van der Waals surface area contributed by atoms with Crippen molar-refractivity contribution in [2.75, 3.05) is 6.54 Å². The van der Waals surface area contributed by atoms with Crippen LogP contribution >= 0.6 is 11.3 Å². The Hall–Kier alpha value is -1.56. The molecule has 122 valence electrons. The van der Waals surface area contributed by atoms with Gasteiger partial charge in [-0.25, -0.2) is 4.79 Å². The van der Waals surface area contributed by atoms with Crippen molar-refractivity contribution < 1.29 is 9.59 Å². The number of nitrogens with one attached hydrogen (secondary N) is 3. The highest BCUT2D eigenvalue weighted by atomic mass is 32.1. The van der Waals surface area contributed by atoms with Gasteiger partial charge in [-0.1, -0.05) is 25.3 Å². The fourth-order valence-electron chi connectivity index (χ4n) is 2.62. The fraction of sp³-hybridized carbons (Fsp3) is 0.625. The van der Waals surface area contributed by atoms with Gasteiger partial charge >= 0.3 is 6.03 Å². The van der Waals surface area contributed by atoms with E-state index in [0.29, 0.717) is 32.0 Å². The predicted molar refractivity (Wildman–Crippen MR) is 88.8 cm³/mol. The zero-order chi connectivity index (χ0) is 15.6. The molecule has 1 aromatic rings. The molecule has 0 atom stereocenters. The van der Waals surface area contributed by atoms with Crippen LogP contribution < -0.4 is 16.0 Å². The highest BCUT2D eigenvalue weighted by molar-refractivity contribution is 7.09. The molecule has 1 aliphatic rings. The van der Waals surface area contributed by atoms with Gasteiger partial charge in [-0.2, -0.15) is 0 Å². The second-order valence-corrected chi connectivity index (χ2v) is 6.73. The molecule has 0 aromatic carbocycles. The summed E-state index contributed by atoms with van der Waals surface area (Å²) in [5.74, 6) is 0.0305. The number of hydrogen-bond donors (Lipinski definition) is 3. The molecule has 5 nitrogen and oxygen atoms in total. The van der Waals surface area contributed by atoms with E-state index in [-0.39, 0.29) is 11.9 Å². The molecule has 0 unspecified atom stereocenters. The number of carbonyl (C=O) groups excluding carboxylic acids is 2. The highest BCUT2D eigenvalue weighted by Gasteiger charge is 2.15. The third-order valence-corrected chi connectivity index (χ3v) is 4.72. The summed E-state index contributed by atoms with van der Waals surface area (Å²) in [6, 6.07) is 4.19. The first-order chi connectivity index (χ1) is 10.7. The lowest BCUT2D eigenvalue weighted by atomic mass is 9.96. The highest BCUT2D eigenvalue weighted by Crippen LogP contribution is 2.17. The average molecular weight is 323 g/mol. The number of urea groups is 1. The minimum absolute atomic E-state index is 0.0305. The first-order valence-corrected chi connectivity index (χ1v) is 8.95. The number of amides is 3. The van der Waals surface area contributed by atoms with E-state index in [1.165, 1.54) is 19.3 Å². The maximum Gasteiger partial charge on any atom is 0.315 e. The molecule has 0 saturated heterocycles. The van der Waals surface area contributed by atoms with Crippen molar-refractivity contribution in [1.82, 2.24) is 16.0 Å². The predicted octanol–water partition coefficient (Wildman–Crippen LogP) is 2.78. The molecule has 22 heavy (non-hydrogen) atoms. The summed E-state index contributed by atoms with van der Waals surface area (Å²) in [6.45, 7) is 1.12. The Labute approximate surface area is 135 Å². The molecule has 0 radical (unpaired) electrons. The molecule has 1 fully saturated rings. The Morgan fingerprint density at radius 2 is 2.00 bits per heavy atom. The van der Waals surface area contributed by atoms with Crippen molar-refractivity contribution in [1.29, 1.82) is 0 Å². The summed E-state index contributed by atoms with van der Waals surface area (Å²) in [6.07, 6.45) is 6.95. The van der Waals surface area contributed by atoms with Crippen LogP contribution in [0.25, 0.3) is 0 Å². The minimum atomic E-state index is -0.106. The number of hydrogen-bond acceptors (Lipinski definition) is 3. The Balaban J connectivity index is 1.49. The summed E-state index contributed by atoms with van der Waals surface area (Å²) in [4.78, 5) is 24.5. The van der Waals surface area contributed by atoms with Crippen LogP contribution in [0.3, 0.4) is 0 Å². The largest absolute Gasteiger partial charge is 0.351 e. The second-order valence-electron chi connectivity index (χ2n) is 5.69. The van der Waals surface area contributed by atoms with Crippen molar-refractivity contribution >= 4 is 23.3 Å². The first kappa shape index (κ1) is 16.8. The van der Waals surface area contributed by atoms with Crippen molar-refractivity contribution in [3.8, 4) is 0 Å². The van der Waals surface area contributed by atoms with E-state index in [4.69, 9.17) is 0 Å². The van der Waals surface area contributed by atoms with Crippen LogP contribution in [0.15, 0.2) is 17.5 Å². The van der Waals surface area contributed by atoms with Crippen LogP contribution in [-0.4, -0.2) is 24.5 Å². The molecule has 1 aromatic heterocycles. The van der Waals surface area contributed by atoms with Gasteiger partial charge in [0.1, 0.15) is 0 Å². The van der Waals surface area contributed by atoms with Crippen LogP contribution in [0.4, 0.5) is 4.79 Å². The monoisotopic (exact) mass is 323 g/mol. The summed E-state index contributed by atoms with van der Waals surface area (Å²) >= 11 is 1.63. The molecule has 1 aliphatic carbocycles. The Morgan fingerprint density at radius 1 is 1.18 bits per heavy atom. The van der Waals surface area contributed by atoms with Gasteiger partial charge in [0.05, 0.1) is 6.54 Å². The van der Waals surface area contributed by atoms with Gasteiger partial charge in [0.2, 0.25) is 5.91 Å². The lowest BCUT2D eigenvalue weighted by Crippen LogP contribution is -2.43. The van der Waals surface area contributed by atoms with Crippen LogP contribution in [0.5, 0.6) is 0 Å². The van der Waals surface area contributed by atoms with E-state index >= 15 is 0 Å². The molecular weight excluding hydrogens is 298 g/mol. The number of thiophene rings is 1. The van der Waals surface area contributed by atoms with E-state index in [2.05, 4.69) is 16.0 Å². The van der Waals surface area contributed by atoms with E-state index in [1.54, 1.807) is 11.3 Å². The zero-order valence-corrected chi connectivity index (χ0v) is 13.7. The molecule has 1 heterocycles. The van der Waals surface area contributed by atoms with Gasteiger partial charge in [-0.3, -0.25) is 4.79 Å². The van der Waals surface area contributed by atoms with Crippen molar-refractivity contribution in [3.05, 3.63) is 22.4 Å². The molecule has 3 amide bonds. The molecule has 3 N–H and O–H groups in total. The molecule has 1 saturated carbocycles. The standard InChI is InChI=1S/C16H25N3O2S/c20-15(18-12-14-8-5-11-22-14)9-4-10-17-16(21)19-13-6-2-1-3-7-13/h5,8,11,13H,1-4,6-7,9-10,12H2,(H,18,20)(H2,17,19,21). The summed E-state index contributed by atoms with van der Waals surface area (Å²) < 4.78 is 0. The SMILES string of the molecule is O=C(CCCNC(=O)NC1CCCCC1)NCc1cccs1. The maximum absolute atomic E-state index is 11.7. The Morgan fingerprint density at radius 3 is 2.73 bits per heavy atom. The number of rotatable bonds is 7. The zero-order valence-electron chi connectivity index (χ0n) is 12.9. The summed E-state index contributed by atoms with van der Waals surface area (Å²) in [5.41, 5.74) is 0. The van der Waals surface area contributed by atoms with E-state index in [0.717, 1.165) is 17.7 Å². The molecule has 0 aliphatic heterocycles. The number of carbonyl (C=O) groups is 2. The van der Waals surface area contributed by atoms with Gasteiger partial charge in [0, 0.05) is 23.9 Å². The van der Waals surface area contributed by atoms with Crippen LogP contribution in [0.1, 0.15) is 49.8 Å². The van der Waals surface area contributed by atoms with Gasteiger partial charge < -0.3 is 16.0 Å². The van der Waals surface area contributed by atoms with E-state index in [9.17, 15) is 9.59 Å². The second kappa shape index (κ2) is 9.46. The average Bonchev–Trinajstić information content (AvgIpc) is 3.04. The Kier molecular flexibility index (Phi) is 7.22. The van der Waals surface area contributed by atoms with Crippen molar-refractivity contribution in [3.63, 3.8) is 0 Å². The molecule has 6 heteroatoms. The molecule has 2 rings (SSSR count). The van der Waals surface area contributed by atoms with Crippen molar-refractivity contribution in [2.24, 2.45) is 0 Å². The maximum atomic E-state index is 11.7. The van der Waals surface area contributed by atoms with Crippen LogP contribution in [-0.2, 0) is 11.3 Å². The first-order valence-electron chi connectivity index (χ1n) is 8.07. The molecule has 0 spiro atoms. The normalized spacial score (nSPS) is 15.3. The fourth-order valence-corrected chi connectivity index (χ4v) is 3.27. The third kappa shape index (κ3) is 6.47. The quantitative estimate of drug-likeness (QED) is 0.675. The summed E-state index contributed by atoms with van der Waals surface area (Å²) in [5, 5.41) is 10.7. The molecular formula is C16H25N3O2S. The topological polar surface area (TPSA) is 70.2 Å². The summed E-state index contributed by atoms with van der Waals surface area (Å²) in [7, 11) is 0. The minimum Gasteiger partial charge on any atom is -0.351 e. The van der Waals surface area contributed by atoms with Crippen molar-refractivity contribution in [2.45, 2.75) is 57.5 Å². The van der Waals surface area contributed by atoms with E-state index in [1.807, 2.05) is 17.5 Å². The van der Waals surface area contributed by atoms with Gasteiger partial charge in [-0.05, 0) is 30.7 Å².